The third kappa shape index (κ3) is 5.89. The van der Waals surface area contributed by atoms with Gasteiger partial charge in [-0.1, -0.05) is 0 Å². The second-order valence-electron chi connectivity index (χ2n) is 4.02. The molecule has 4 nitrogen and oxygen atoms in total. The van der Waals surface area contributed by atoms with Gasteiger partial charge < -0.3 is 38.1 Å². The van der Waals surface area contributed by atoms with E-state index in [1.807, 2.05) is 0 Å². The summed E-state index contributed by atoms with van der Waals surface area (Å²) < 4.78 is 6.15. The molecule has 0 aliphatic carbocycles. The minimum Gasteiger partial charge on any atom is -1.00 e. The van der Waals surface area contributed by atoms with Gasteiger partial charge in [0.15, 0.2) is 0 Å². The lowest BCUT2D eigenvalue weighted by Crippen LogP contribution is -3.00. The fraction of sp³-hybridized carbons (Fsp3) is 0.909. The number of amides is 1. The number of quaternary nitrogens is 1. The van der Waals surface area contributed by atoms with Crippen LogP contribution in [0.25, 0.3) is 0 Å². The van der Waals surface area contributed by atoms with Gasteiger partial charge in [0.2, 0.25) is 0 Å². The molecule has 5 heteroatoms. The number of hydrogen-bond donors (Lipinski definition) is 0. The molecule has 0 N–H and O–H groups in total. The summed E-state index contributed by atoms with van der Waals surface area (Å²) in [5.74, 6) is 0. The van der Waals surface area contributed by atoms with E-state index in [2.05, 4.69) is 20.8 Å². The maximum atomic E-state index is 11.2. The molecular formula is C11H25IN2O2. The van der Waals surface area contributed by atoms with E-state index in [9.17, 15) is 4.79 Å². The van der Waals surface area contributed by atoms with Crippen LogP contribution in [0.1, 0.15) is 20.8 Å². The molecule has 0 aliphatic rings. The number of ether oxygens (including phenoxy) is 1. The minimum absolute atomic E-state index is 0. The van der Waals surface area contributed by atoms with Crippen LogP contribution in [0, 0.1) is 0 Å². The first-order valence-electron chi connectivity index (χ1n) is 5.70. The quantitative estimate of drug-likeness (QED) is 0.437. The molecule has 0 bridgehead atoms. The lowest BCUT2D eigenvalue weighted by atomic mass is 10.3. The monoisotopic (exact) mass is 344 g/mol. The van der Waals surface area contributed by atoms with Crippen molar-refractivity contribution in [3.63, 3.8) is 0 Å². The maximum absolute atomic E-state index is 11.2. The Bertz CT molecular complexity index is 186. The Morgan fingerprint density at radius 2 is 1.56 bits per heavy atom. The summed E-state index contributed by atoms with van der Waals surface area (Å²) in [7, 11) is 3.40. The topological polar surface area (TPSA) is 29.5 Å². The van der Waals surface area contributed by atoms with Gasteiger partial charge in [-0.05, 0) is 20.8 Å². The van der Waals surface area contributed by atoms with Crippen molar-refractivity contribution in [3.8, 4) is 0 Å². The predicted molar refractivity (Wildman–Crippen MR) is 61.8 cm³/mol. The fourth-order valence-electron chi connectivity index (χ4n) is 1.60. The molecule has 0 rings (SSSR count). The van der Waals surface area contributed by atoms with Gasteiger partial charge in [0.05, 0.1) is 19.6 Å². The third-order valence-electron chi connectivity index (χ3n) is 3.17. The third-order valence-corrected chi connectivity index (χ3v) is 3.17. The van der Waals surface area contributed by atoms with Gasteiger partial charge >= 0.3 is 6.09 Å². The first-order chi connectivity index (χ1) is 7.01. The Labute approximate surface area is 117 Å². The second-order valence-corrected chi connectivity index (χ2v) is 4.02. The fourth-order valence-corrected chi connectivity index (χ4v) is 1.60. The van der Waals surface area contributed by atoms with Crippen LogP contribution < -0.4 is 24.0 Å². The Morgan fingerprint density at radius 3 is 1.88 bits per heavy atom. The van der Waals surface area contributed by atoms with Crippen LogP contribution in [-0.4, -0.2) is 62.4 Å². The van der Waals surface area contributed by atoms with Gasteiger partial charge in [-0.15, -0.1) is 0 Å². The van der Waals surface area contributed by atoms with E-state index < -0.39 is 0 Å². The highest BCUT2D eigenvalue weighted by molar-refractivity contribution is 5.66. The average molecular weight is 344 g/mol. The molecule has 98 valence electrons. The van der Waals surface area contributed by atoms with Crippen molar-refractivity contribution in [3.05, 3.63) is 0 Å². The summed E-state index contributed by atoms with van der Waals surface area (Å²) in [4.78, 5) is 12.6. The molecular weight excluding hydrogens is 319 g/mol. The van der Waals surface area contributed by atoms with E-state index in [-0.39, 0.29) is 30.1 Å². The van der Waals surface area contributed by atoms with Crippen molar-refractivity contribution in [1.29, 1.82) is 0 Å². The summed E-state index contributed by atoms with van der Waals surface area (Å²) in [5.41, 5.74) is 0. The van der Waals surface area contributed by atoms with Crippen LogP contribution in [0.4, 0.5) is 4.79 Å². The molecule has 0 heterocycles. The number of nitrogens with zero attached hydrogens (tertiary/aromatic N) is 2. The first kappa shape index (κ1) is 18.3. The number of hydrogen-bond acceptors (Lipinski definition) is 2. The van der Waals surface area contributed by atoms with E-state index in [1.54, 1.807) is 14.1 Å². The molecule has 0 saturated carbocycles. The zero-order chi connectivity index (χ0) is 11.9. The Morgan fingerprint density at radius 1 is 1.12 bits per heavy atom. The Balaban J connectivity index is 0. The molecule has 0 radical (unpaired) electrons. The molecule has 0 fully saturated rings. The molecule has 0 aromatic rings. The van der Waals surface area contributed by atoms with Crippen molar-refractivity contribution >= 4 is 6.09 Å². The molecule has 0 saturated heterocycles. The Hall–Kier alpha value is -0.0400. The van der Waals surface area contributed by atoms with Gasteiger partial charge in [0.1, 0.15) is 13.2 Å². The van der Waals surface area contributed by atoms with Gasteiger partial charge in [0.25, 0.3) is 0 Å². The highest BCUT2D eigenvalue weighted by atomic mass is 127. The molecule has 0 unspecified atom stereocenters. The van der Waals surface area contributed by atoms with Crippen molar-refractivity contribution in [1.82, 2.24) is 4.90 Å². The molecule has 0 spiro atoms. The molecule has 0 aromatic heterocycles. The summed E-state index contributed by atoms with van der Waals surface area (Å²) in [6.45, 7) is 11.2. The van der Waals surface area contributed by atoms with E-state index in [0.717, 1.165) is 30.7 Å². The maximum Gasteiger partial charge on any atom is 0.409 e. The van der Waals surface area contributed by atoms with Crippen LogP contribution in [0.15, 0.2) is 0 Å². The second kappa shape index (κ2) is 9.04. The van der Waals surface area contributed by atoms with Gasteiger partial charge in [-0.2, -0.15) is 0 Å². The molecule has 0 aromatic carbocycles. The van der Waals surface area contributed by atoms with Crippen molar-refractivity contribution < 1.29 is 38.0 Å². The van der Waals surface area contributed by atoms with Crippen LogP contribution in [0.5, 0.6) is 0 Å². The number of halogens is 1. The van der Waals surface area contributed by atoms with Crippen molar-refractivity contribution in [2.45, 2.75) is 20.8 Å². The Kier molecular flexibility index (Phi) is 10.4. The smallest absolute Gasteiger partial charge is 0.409 e. The lowest BCUT2D eigenvalue weighted by molar-refractivity contribution is -0.923. The van der Waals surface area contributed by atoms with Crippen molar-refractivity contribution in [2.75, 3.05) is 46.9 Å². The van der Waals surface area contributed by atoms with E-state index in [0.29, 0.717) is 6.61 Å². The average Bonchev–Trinajstić information content (AvgIpc) is 2.24. The van der Waals surface area contributed by atoms with Gasteiger partial charge in [-0.3, -0.25) is 0 Å². The minimum atomic E-state index is -0.253. The van der Waals surface area contributed by atoms with Crippen LogP contribution in [-0.2, 0) is 4.74 Å². The van der Waals surface area contributed by atoms with Crippen LogP contribution in [0.3, 0.4) is 0 Å². The normalized spacial score (nSPS) is 10.6. The SMILES string of the molecule is CC[N+](CC)(CC)CCOC(=O)N(C)C.[I-]. The summed E-state index contributed by atoms with van der Waals surface area (Å²) in [6, 6.07) is 0. The lowest BCUT2D eigenvalue weighted by Gasteiger charge is -2.35. The van der Waals surface area contributed by atoms with E-state index in [1.165, 1.54) is 4.90 Å². The van der Waals surface area contributed by atoms with E-state index in [4.69, 9.17) is 4.74 Å². The van der Waals surface area contributed by atoms with Crippen LogP contribution >= 0.6 is 0 Å². The van der Waals surface area contributed by atoms with Gasteiger partial charge in [-0.25, -0.2) is 4.79 Å². The molecule has 16 heavy (non-hydrogen) atoms. The highest BCUT2D eigenvalue weighted by Crippen LogP contribution is 2.05. The number of carbonyl (C=O) groups excluding carboxylic acids is 1. The van der Waals surface area contributed by atoms with Crippen LogP contribution in [0.2, 0.25) is 0 Å². The highest BCUT2D eigenvalue weighted by Gasteiger charge is 2.21. The largest absolute Gasteiger partial charge is 1.00 e. The first-order valence-corrected chi connectivity index (χ1v) is 5.70. The number of likely N-dealkylation sites (N-methyl/N-ethyl adjacent to an activating group) is 1. The van der Waals surface area contributed by atoms with Gasteiger partial charge in [0, 0.05) is 14.1 Å². The summed E-state index contributed by atoms with van der Waals surface area (Å²) in [6.07, 6.45) is -0.253. The standard InChI is InChI=1S/C11H25N2O2.HI/c1-6-13(7-2,8-3)9-10-15-11(14)12(4)5;/h6-10H2,1-5H3;1H/q+1;/p-1. The number of carbonyl (C=O) groups is 1. The summed E-state index contributed by atoms with van der Waals surface area (Å²) in [5, 5.41) is 0. The summed E-state index contributed by atoms with van der Waals surface area (Å²) >= 11 is 0. The number of rotatable bonds is 6. The van der Waals surface area contributed by atoms with E-state index >= 15 is 0 Å². The zero-order valence-electron chi connectivity index (χ0n) is 11.1. The predicted octanol–water partition coefficient (Wildman–Crippen LogP) is -1.43. The molecule has 1 amide bonds. The zero-order valence-corrected chi connectivity index (χ0v) is 13.3. The molecule has 0 atom stereocenters. The van der Waals surface area contributed by atoms with Crippen molar-refractivity contribution in [2.24, 2.45) is 0 Å². The molecule has 0 aliphatic heterocycles.